The van der Waals surface area contributed by atoms with Crippen LogP contribution >= 0.6 is 0 Å². The molecule has 2 N–H and O–H groups in total. The molecule has 0 aliphatic heterocycles. The number of rotatable bonds is 2. The minimum atomic E-state index is -0.454. The van der Waals surface area contributed by atoms with Crippen molar-refractivity contribution in [2.24, 2.45) is 5.73 Å². The summed E-state index contributed by atoms with van der Waals surface area (Å²) in [5.74, 6) is -0.454. The van der Waals surface area contributed by atoms with Crippen molar-refractivity contribution in [3.8, 4) is 0 Å². The van der Waals surface area contributed by atoms with Gasteiger partial charge in [-0.2, -0.15) is 0 Å². The summed E-state index contributed by atoms with van der Waals surface area (Å²) in [5.41, 5.74) is 5.41. The minimum absolute atomic E-state index is 0.0192. The molecule has 1 rings (SSSR count). The number of nitrogens with zero attached hydrogens (tertiary/aromatic N) is 1. The Morgan fingerprint density at radius 3 is 3.00 bits per heavy atom. The van der Waals surface area contributed by atoms with E-state index < -0.39 is 5.91 Å². The maximum atomic E-state index is 10.6. The molecule has 1 heterocycles. The molecular formula is C7H8IN2O-. The van der Waals surface area contributed by atoms with Gasteiger partial charge in [0.05, 0.1) is 0 Å². The Bertz CT molecular complexity index is 275. The zero-order valence-electron chi connectivity index (χ0n) is 6.04. The molecule has 60 valence electrons. The van der Waals surface area contributed by atoms with E-state index in [0.717, 1.165) is 0 Å². The third-order valence-electron chi connectivity index (χ3n) is 1.19. The molecule has 0 unspecified atom stereocenters. The Morgan fingerprint density at radius 1 is 1.73 bits per heavy atom. The van der Waals surface area contributed by atoms with Crippen LogP contribution in [-0.2, 0) is 0 Å². The monoisotopic (exact) mass is 263 g/mol. The number of pyridine rings is 1. The number of carbonyl (C=O) groups is 1. The summed E-state index contributed by atoms with van der Waals surface area (Å²) in [4.78, 5) is 16.6. The average molecular weight is 263 g/mol. The van der Waals surface area contributed by atoms with E-state index in [1.54, 1.807) is 12.3 Å². The van der Waals surface area contributed by atoms with Crippen molar-refractivity contribution in [2.75, 3.05) is 4.93 Å². The van der Waals surface area contributed by atoms with E-state index >= 15 is 0 Å². The second-order valence-electron chi connectivity index (χ2n) is 1.91. The number of hydrogen-bond acceptors (Lipinski definition) is 2. The summed E-state index contributed by atoms with van der Waals surface area (Å²) in [5, 5.41) is 0. The molecule has 0 atom stereocenters. The number of nitrogens with two attached hydrogens (primary N) is 1. The number of primary amides is 1. The quantitative estimate of drug-likeness (QED) is 0.459. The number of carbonyl (C=O) groups excluding carboxylic acids is 1. The molecule has 1 aromatic rings. The molecule has 0 fully saturated rings. The summed E-state index contributed by atoms with van der Waals surface area (Å²) < 4.78 is 1.19. The molecule has 0 aromatic carbocycles. The van der Waals surface area contributed by atoms with Gasteiger partial charge in [-0.15, -0.1) is 0 Å². The van der Waals surface area contributed by atoms with Crippen LogP contribution in [0.4, 0.5) is 0 Å². The molecule has 0 radical (unpaired) electrons. The van der Waals surface area contributed by atoms with E-state index in [9.17, 15) is 4.79 Å². The molecule has 0 saturated carbocycles. The number of aromatic nitrogens is 1. The van der Waals surface area contributed by atoms with Crippen LogP contribution in [0.15, 0.2) is 18.3 Å². The summed E-state index contributed by atoms with van der Waals surface area (Å²) in [6, 6.07) is 3.68. The van der Waals surface area contributed by atoms with Gasteiger partial charge >= 0.3 is 75.1 Å². The third-order valence-corrected chi connectivity index (χ3v) is 3.11. The first-order chi connectivity index (χ1) is 5.24. The van der Waals surface area contributed by atoms with Gasteiger partial charge in [0.1, 0.15) is 0 Å². The van der Waals surface area contributed by atoms with Gasteiger partial charge in [0.2, 0.25) is 0 Å². The van der Waals surface area contributed by atoms with E-state index in [-0.39, 0.29) is 21.2 Å². The van der Waals surface area contributed by atoms with Crippen molar-refractivity contribution in [3.05, 3.63) is 27.6 Å². The molecule has 0 bridgehead atoms. The van der Waals surface area contributed by atoms with Crippen LogP contribution in [0.3, 0.4) is 0 Å². The number of amides is 1. The molecule has 0 aliphatic carbocycles. The van der Waals surface area contributed by atoms with Crippen molar-refractivity contribution in [3.63, 3.8) is 0 Å². The molecule has 4 heteroatoms. The third kappa shape index (κ3) is 2.14. The Hall–Kier alpha value is -0.650. The maximum absolute atomic E-state index is 10.6. The van der Waals surface area contributed by atoms with Crippen molar-refractivity contribution in [1.29, 1.82) is 0 Å². The second kappa shape index (κ2) is 3.66. The molecular weight excluding hydrogens is 255 g/mol. The topological polar surface area (TPSA) is 56.0 Å². The van der Waals surface area contributed by atoms with Gasteiger partial charge in [-0.3, -0.25) is 0 Å². The first-order valence-corrected chi connectivity index (χ1v) is 6.23. The number of alkyl halides is 1. The summed E-state index contributed by atoms with van der Waals surface area (Å²) in [6.45, 7) is 0. The Labute approximate surface area is 75.3 Å². The van der Waals surface area contributed by atoms with Crippen molar-refractivity contribution < 1.29 is 26.0 Å². The van der Waals surface area contributed by atoms with Crippen molar-refractivity contribution in [2.45, 2.75) is 0 Å². The van der Waals surface area contributed by atoms with Crippen LogP contribution in [0.2, 0.25) is 0 Å². The predicted molar refractivity (Wildman–Crippen MR) is 37.4 cm³/mol. The van der Waals surface area contributed by atoms with Crippen LogP contribution in [0.25, 0.3) is 0 Å². The second-order valence-corrected chi connectivity index (χ2v) is 4.24. The van der Waals surface area contributed by atoms with E-state index in [1.165, 1.54) is 3.57 Å². The summed E-state index contributed by atoms with van der Waals surface area (Å²) in [6.07, 6.45) is 1.62. The van der Waals surface area contributed by atoms with Crippen LogP contribution in [0, 0.1) is 3.57 Å². The van der Waals surface area contributed by atoms with Gasteiger partial charge in [-0.25, -0.2) is 0 Å². The van der Waals surface area contributed by atoms with Crippen molar-refractivity contribution in [1.82, 2.24) is 4.98 Å². The molecule has 1 aromatic heterocycles. The van der Waals surface area contributed by atoms with Crippen LogP contribution in [0.5, 0.6) is 0 Å². The van der Waals surface area contributed by atoms with E-state index in [0.29, 0.717) is 5.69 Å². The van der Waals surface area contributed by atoms with Crippen molar-refractivity contribution >= 4 is 5.91 Å². The fraction of sp³-hybridized carbons (Fsp3) is 0.143. The first kappa shape index (κ1) is 8.45. The van der Waals surface area contributed by atoms with Crippen LogP contribution in [-0.4, -0.2) is 15.8 Å². The number of hydrogen-bond donors (Lipinski definition) is 1. The Kier molecular flexibility index (Phi) is 2.81. The van der Waals surface area contributed by atoms with Gasteiger partial charge in [-0.1, -0.05) is 0 Å². The van der Waals surface area contributed by atoms with Crippen LogP contribution < -0.4 is 26.9 Å². The predicted octanol–water partition coefficient (Wildman–Crippen LogP) is -2.93. The molecule has 0 spiro atoms. The number of halogens is 1. The van der Waals surface area contributed by atoms with E-state index in [1.807, 2.05) is 6.07 Å². The van der Waals surface area contributed by atoms with Gasteiger partial charge in [0, 0.05) is 0 Å². The van der Waals surface area contributed by atoms with Gasteiger partial charge in [0.25, 0.3) is 0 Å². The van der Waals surface area contributed by atoms with Crippen LogP contribution in [0.1, 0.15) is 10.5 Å². The average Bonchev–Trinajstić information content (AvgIpc) is 2.05. The molecule has 11 heavy (non-hydrogen) atoms. The van der Waals surface area contributed by atoms with E-state index in [4.69, 9.17) is 5.73 Å². The molecule has 3 nitrogen and oxygen atoms in total. The molecule has 0 aliphatic rings. The van der Waals surface area contributed by atoms with Gasteiger partial charge in [0.15, 0.2) is 0 Å². The van der Waals surface area contributed by atoms with Gasteiger partial charge < -0.3 is 0 Å². The SMILES string of the molecule is C[I-]c1ccnc(C(N)=O)c1. The zero-order valence-corrected chi connectivity index (χ0v) is 8.20. The first-order valence-electron chi connectivity index (χ1n) is 2.99. The molecule has 0 saturated heterocycles. The summed E-state index contributed by atoms with van der Waals surface area (Å²) >= 11 is 0.0192. The fourth-order valence-electron chi connectivity index (χ4n) is 0.657. The van der Waals surface area contributed by atoms with Gasteiger partial charge in [-0.05, 0) is 0 Å². The zero-order chi connectivity index (χ0) is 8.27. The molecule has 1 amide bonds. The standard InChI is InChI=1S/C7H8IN2O/c1-8-5-2-3-10-6(4-5)7(9)11/h2-4H,1H3,(H2,9,11)/q-1. The Balaban J connectivity index is 3.01. The Morgan fingerprint density at radius 2 is 2.45 bits per heavy atom. The van der Waals surface area contributed by atoms with E-state index in [2.05, 4.69) is 9.91 Å². The summed E-state index contributed by atoms with van der Waals surface area (Å²) in [7, 11) is 0. The fourth-order valence-corrected chi connectivity index (χ4v) is 1.78. The normalized spacial score (nSPS) is 9.91.